The fourth-order valence-electron chi connectivity index (χ4n) is 2.16. The van der Waals surface area contributed by atoms with Gasteiger partial charge in [0.15, 0.2) is 0 Å². The van der Waals surface area contributed by atoms with Crippen LogP contribution in [-0.4, -0.2) is 11.5 Å². The Morgan fingerprint density at radius 3 is 3.00 bits per heavy atom. The van der Waals surface area contributed by atoms with Crippen LogP contribution in [0.15, 0.2) is 30.6 Å². The van der Waals surface area contributed by atoms with Crippen molar-refractivity contribution in [3.8, 4) is 0 Å². The SMILES string of the molecule is Nc1c(NCCC2CC2)ccc2cnccc12. The van der Waals surface area contributed by atoms with Crippen molar-refractivity contribution in [3.63, 3.8) is 0 Å². The second kappa shape index (κ2) is 4.24. The van der Waals surface area contributed by atoms with Crippen molar-refractivity contribution in [2.45, 2.75) is 19.3 Å². The summed E-state index contributed by atoms with van der Waals surface area (Å²) in [6.07, 6.45) is 7.70. The maximum atomic E-state index is 6.16. The van der Waals surface area contributed by atoms with Gasteiger partial charge in [-0.25, -0.2) is 0 Å². The second-order valence-corrected chi connectivity index (χ2v) is 4.78. The van der Waals surface area contributed by atoms with Crippen molar-refractivity contribution in [1.82, 2.24) is 4.98 Å². The average Bonchev–Trinajstić information content (AvgIpc) is 3.17. The number of nitrogens with one attached hydrogen (secondary N) is 1. The van der Waals surface area contributed by atoms with E-state index in [4.69, 9.17) is 5.73 Å². The minimum atomic E-state index is 0.834. The molecule has 1 aromatic carbocycles. The third kappa shape index (κ3) is 2.18. The zero-order chi connectivity index (χ0) is 11.7. The summed E-state index contributed by atoms with van der Waals surface area (Å²) in [6.45, 7) is 1.02. The number of hydrogen-bond donors (Lipinski definition) is 2. The molecule has 0 atom stereocenters. The highest BCUT2D eigenvalue weighted by Gasteiger charge is 2.20. The molecule has 0 unspecified atom stereocenters. The quantitative estimate of drug-likeness (QED) is 0.789. The fraction of sp³-hybridized carbons (Fsp3) is 0.357. The lowest BCUT2D eigenvalue weighted by Gasteiger charge is -2.11. The predicted molar refractivity (Wildman–Crippen MR) is 72.0 cm³/mol. The van der Waals surface area contributed by atoms with E-state index in [9.17, 15) is 0 Å². The zero-order valence-corrected chi connectivity index (χ0v) is 9.82. The predicted octanol–water partition coefficient (Wildman–Crippen LogP) is 3.03. The van der Waals surface area contributed by atoms with Crippen LogP contribution in [0.3, 0.4) is 0 Å². The van der Waals surface area contributed by atoms with Gasteiger partial charge in [-0.3, -0.25) is 4.98 Å². The lowest BCUT2D eigenvalue weighted by molar-refractivity contribution is 0.760. The minimum absolute atomic E-state index is 0.834. The van der Waals surface area contributed by atoms with Crippen LogP contribution in [0.5, 0.6) is 0 Å². The molecule has 0 radical (unpaired) electrons. The van der Waals surface area contributed by atoms with Crippen LogP contribution in [0, 0.1) is 5.92 Å². The fourth-order valence-corrected chi connectivity index (χ4v) is 2.16. The zero-order valence-electron chi connectivity index (χ0n) is 9.82. The molecule has 0 saturated heterocycles. The second-order valence-electron chi connectivity index (χ2n) is 4.78. The Hall–Kier alpha value is -1.77. The molecule has 1 aliphatic rings. The van der Waals surface area contributed by atoms with E-state index in [2.05, 4.69) is 16.4 Å². The van der Waals surface area contributed by atoms with Gasteiger partial charge in [0, 0.05) is 29.7 Å². The molecular formula is C14H17N3. The monoisotopic (exact) mass is 227 g/mol. The van der Waals surface area contributed by atoms with Crippen LogP contribution in [0.1, 0.15) is 19.3 Å². The molecule has 1 fully saturated rings. The Morgan fingerprint density at radius 1 is 1.29 bits per heavy atom. The number of aromatic nitrogens is 1. The molecule has 3 N–H and O–H groups in total. The third-order valence-corrected chi connectivity index (χ3v) is 3.43. The lowest BCUT2D eigenvalue weighted by atomic mass is 10.1. The van der Waals surface area contributed by atoms with Gasteiger partial charge in [-0.1, -0.05) is 18.9 Å². The summed E-state index contributed by atoms with van der Waals surface area (Å²) in [5.74, 6) is 0.952. The van der Waals surface area contributed by atoms with E-state index in [1.807, 2.05) is 18.3 Å². The van der Waals surface area contributed by atoms with Crippen LogP contribution in [-0.2, 0) is 0 Å². The average molecular weight is 227 g/mol. The van der Waals surface area contributed by atoms with E-state index in [0.717, 1.165) is 34.6 Å². The summed E-state index contributed by atoms with van der Waals surface area (Å²) in [6, 6.07) is 6.08. The van der Waals surface area contributed by atoms with E-state index in [0.29, 0.717) is 0 Å². The number of pyridine rings is 1. The molecule has 1 saturated carbocycles. The number of nitrogens with zero attached hydrogens (tertiary/aromatic N) is 1. The highest BCUT2D eigenvalue weighted by Crippen LogP contribution is 2.33. The van der Waals surface area contributed by atoms with Crippen molar-refractivity contribution >= 4 is 22.1 Å². The Balaban J connectivity index is 1.80. The molecule has 1 aliphatic carbocycles. The van der Waals surface area contributed by atoms with Crippen molar-refractivity contribution < 1.29 is 0 Å². The molecule has 0 bridgehead atoms. The van der Waals surface area contributed by atoms with Gasteiger partial charge in [0.1, 0.15) is 0 Å². The first kappa shape index (κ1) is 10.4. The van der Waals surface area contributed by atoms with Gasteiger partial charge in [0.05, 0.1) is 11.4 Å². The number of anilines is 2. The molecule has 3 rings (SSSR count). The number of fused-ring (bicyclic) bond motifs is 1. The molecule has 0 aliphatic heterocycles. The Morgan fingerprint density at radius 2 is 2.18 bits per heavy atom. The lowest BCUT2D eigenvalue weighted by Crippen LogP contribution is -2.05. The number of nitrogens with two attached hydrogens (primary N) is 1. The van der Waals surface area contributed by atoms with E-state index < -0.39 is 0 Å². The summed E-state index contributed by atoms with van der Waals surface area (Å²) >= 11 is 0. The Kier molecular flexibility index (Phi) is 2.59. The van der Waals surface area contributed by atoms with E-state index in [1.165, 1.54) is 19.3 Å². The maximum Gasteiger partial charge on any atom is 0.0630 e. The molecule has 1 aromatic heterocycles. The smallest absolute Gasteiger partial charge is 0.0630 e. The van der Waals surface area contributed by atoms with E-state index in [-0.39, 0.29) is 0 Å². The van der Waals surface area contributed by atoms with Gasteiger partial charge >= 0.3 is 0 Å². The summed E-state index contributed by atoms with van der Waals surface area (Å²) in [5.41, 5.74) is 8.04. The largest absolute Gasteiger partial charge is 0.397 e. The molecule has 1 heterocycles. The van der Waals surface area contributed by atoms with E-state index in [1.54, 1.807) is 6.20 Å². The van der Waals surface area contributed by atoms with Gasteiger partial charge in [0.2, 0.25) is 0 Å². The van der Waals surface area contributed by atoms with Gasteiger partial charge in [0.25, 0.3) is 0 Å². The first-order valence-corrected chi connectivity index (χ1v) is 6.20. The molecule has 88 valence electrons. The van der Waals surface area contributed by atoms with Crippen LogP contribution < -0.4 is 11.1 Å². The van der Waals surface area contributed by atoms with Crippen LogP contribution in [0.2, 0.25) is 0 Å². The number of nitrogen functional groups attached to an aromatic ring is 1. The standard InChI is InChI=1S/C14H17N3/c15-14-12-6-7-16-9-11(12)3-4-13(14)17-8-5-10-1-2-10/h3-4,6-7,9-10,17H,1-2,5,8,15H2. The summed E-state index contributed by atoms with van der Waals surface area (Å²) in [7, 11) is 0. The van der Waals surface area contributed by atoms with Gasteiger partial charge in [-0.15, -0.1) is 0 Å². The summed E-state index contributed by atoms with van der Waals surface area (Å²) in [5, 5.41) is 5.61. The number of hydrogen-bond acceptors (Lipinski definition) is 3. The van der Waals surface area contributed by atoms with Crippen LogP contribution >= 0.6 is 0 Å². The van der Waals surface area contributed by atoms with Gasteiger partial charge in [-0.2, -0.15) is 0 Å². The summed E-state index contributed by atoms with van der Waals surface area (Å²) in [4.78, 5) is 4.10. The number of benzene rings is 1. The van der Waals surface area contributed by atoms with Crippen molar-refractivity contribution in [2.75, 3.05) is 17.6 Å². The normalized spacial score (nSPS) is 15.1. The molecule has 0 amide bonds. The third-order valence-electron chi connectivity index (χ3n) is 3.43. The van der Waals surface area contributed by atoms with Gasteiger partial charge in [-0.05, 0) is 24.5 Å². The number of rotatable bonds is 4. The maximum absolute atomic E-state index is 6.16. The highest BCUT2D eigenvalue weighted by atomic mass is 14.9. The topological polar surface area (TPSA) is 50.9 Å². The first-order chi connectivity index (χ1) is 8.34. The van der Waals surface area contributed by atoms with Crippen LogP contribution in [0.4, 0.5) is 11.4 Å². The minimum Gasteiger partial charge on any atom is -0.397 e. The van der Waals surface area contributed by atoms with E-state index >= 15 is 0 Å². The van der Waals surface area contributed by atoms with Crippen molar-refractivity contribution in [3.05, 3.63) is 30.6 Å². The molecule has 3 nitrogen and oxygen atoms in total. The first-order valence-electron chi connectivity index (χ1n) is 6.20. The molecule has 0 spiro atoms. The Bertz CT molecular complexity index is 532. The molecule has 17 heavy (non-hydrogen) atoms. The van der Waals surface area contributed by atoms with Crippen LogP contribution in [0.25, 0.3) is 10.8 Å². The molecule has 2 aromatic rings. The highest BCUT2D eigenvalue weighted by molar-refractivity contribution is 5.98. The Labute approximate surface area is 101 Å². The molecule has 3 heteroatoms. The molecular weight excluding hydrogens is 210 g/mol. The van der Waals surface area contributed by atoms with Crippen molar-refractivity contribution in [1.29, 1.82) is 0 Å². The van der Waals surface area contributed by atoms with Crippen molar-refractivity contribution in [2.24, 2.45) is 5.92 Å². The summed E-state index contributed by atoms with van der Waals surface area (Å²) < 4.78 is 0. The van der Waals surface area contributed by atoms with Gasteiger partial charge < -0.3 is 11.1 Å².